The van der Waals surface area contributed by atoms with E-state index in [0.29, 0.717) is 10.3 Å². The summed E-state index contributed by atoms with van der Waals surface area (Å²) in [7, 11) is 0. The smallest absolute Gasteiger partial charge is 0.164 e. The number of nitrogens with zero attached hydrogens (tertiary/aromatic N) is 2. The molecular weight excluding hydrogens is 341 g/mol. The summed E-state index contributed by atoms with van der Waals surface area (Å²) >= 11 is 4.93. The number of hydrogen-bond acceptors (Lipinski definition) is 4. The molecule has 0 bridgehead atoms. The second-order valence-corrected chi connectivity index (χ2v) is 5.94. The Labute approximate surface area is 128 Å². The van der Waals surface area contributed by atoms with Gasteiger partial charge in [-0.2, -0.15) is 0 Å². The SMILES string of the molecule is CCNc1nc(-c2ccc(F)cc2Br)nc2sccc12. The molecule has 0 saturated heterocycles. The van der Waals surface area contributed by atoms with Gasteiger partial charge >= 0.3 is 0 Å². The Hall–Kier alpha value is -1.53. The average molecular weight is 352 g/mol. The highest BCUT2D eigenvalue weighted by atomic mass is 79.9. The minimum absolute atomic E-state index is 0.287. The molecule has 0 fully saturated rings. The lowest BCUT2D eigenvalue weighted by atomic mass is 10.2. The minimum Gasteiger partial charge on any atom is -0.370 e. The van der Waals surface area contributed by atoms with Gasteiger partial charge in [0, 0.05) is 16.6 Å². The molecule has 0 aliphatic carbocycles. The van der Waals surface area contributed by atoms with Crippen LogP contribution < -0.4 is 5.32 Å². The van der Waals surface area contributed by atoms with Crippen molar-refractivity contribution in [2.75, 3.05) is 11.9 Å². The van der Waals surface area contributed by atoms with Crippen molar-refractivity contribution in [1.82, 2.24) is 9.97 Å². The third-order valence-electron chi connectivity index (χ3n) is 2.84. The number of rotatable bonds is 3. The number of halogens is 2. The molecule has 102 valence electrons. The van der Waals surface area contributed by atoms with Gasteiger partial charge in [0.15, 0.2) is 5.82 Å². The molecule has 1 aromatic carbocycles. The van der Waals surface area contributed by atoms with E-state index in [0.717, 1.165) is 28.1 Å². The summed E-state index contributed by atoms with van der Waals surface area (Å²) in [5, 5.41) is 6.25. The van der Waals surface area contributed by atoms with Gasteiger partial charge in [0.2, 0.25) is 0 Å². The van der Waals surface area contributed by atoms with E-state index in [2.05, 4.69) is 31.2 Å². The predicted octanol–water partition coefficient (Wildman–Crippen LogP) is 4.69. The predicted molar refractivity (Wildman–Crippen MR) is 84.7 cm³/mol. The van der Waals surface area contributed by atoms with Crippen LogP contribution in [0.5, 0.6) is 0 Å². The van der Waals surface area contributed by atoms with Crippen LogP contribution in [0, 0.1) is 5.82 Å². The maximum absolute atomic E-state index is 13.2. The van der Waals surface area contributed by atoms with E-state index in [9.17, 15) is 4.39 Å². The summed E-state index contributed by atoms with van der Waals surface area (Å²) in [6.45, 7) is 2.81. The number of anilines is 1. The quantitative estimate of drug-likeness (QED) is 0.743. The summed E-state index contributed by atoms with van der Waals surface area (Å²) in [6.07, 6.45) is 0. The van der Waals surface area contributed by atoms with Crippen LogP contribution in [0.4, 0.5) is 10.2 Å². The molecule has 2 heterocycles. The first kappa shape index (κ1) is 13.5. The van der Waals surface area contributed by atoms with Crippen molar-refractivity contribution in [3.8, 4) is 11.4 Å². The molecule has 3 nitrogen and oxygen atoms in total. The van der Waals surface area contributed by atoms with Gasteiger partial charge in [0.1, 0.15) is 16.5 Å². The van der Waals surface area contributed by atoms with Gasteiger partial charge in [-0.1, -0.05) is 0 Å². The highest BCUT2D eigenvalue weighted by molar-refractivity contribution is 9.10. The molecule has 0 radical (unpaired) electrons. The molecule has 0 atom stereocenters. The molecule has 3 aromatic rings. The Morgan fingerprint density at radius 3 is 2.90 bits per heavy atom. The van der Waals surface area contributed by atoms with Crippen LogP contribution in [0.3, 0.4) is 0 Å². The largest absolute Gasteiger partial charge is 0.370 e. The van der Waals surface area contributed by atoms with Gasteiger partial charge in [0.25, 0.3) is 0 Å². The van der Waals surface area contributed by atoms with E-state index in [1.165, 1.54) is 12.1 Å². The summed E-state index contributed by atoms with van der Waals surface area (Å²) < 4.78 is 13.8. The molecule has 1 N–H and O–H groups in total. The standard InChI is InChI=1S/C14H11BrFN3S/c1-2-17-12-10-5-6-20-14(10)19-13(18-12)9-4-3-8(16)7-11(9)15/h3-7H,2H2,1H3,(H,17,18,19). The molecular formula is C14H11BrFN3S. The first-order chi connectivity index (χ1) is 9.69. The average Bonchev–Trinajstić information content (AvgIpc) is 2.87. The highest BCUT2D eigenvalue weighted by Gasteiger charge is 2.12. The first-order valence-corrected chi connectivity index (χ1v) is 7.81. The maximum Gasteiger partial charge on any atom is 0.164 e. The van der Waals surface area contributed by atoms with Crippen LogP contribution in [0.1, 0.15) is 6.92 Å². The lowest BCUT2D eigenvalue weighted by Crippen LogP contribution is -2.02. The maximum atomic E-state index is 13.2. The zero-order valence-electron chi connectivity index (χ0n) is 10.7. The molecule has 0 spiro atoms. The van der Waals surface area contributed by atoms with Crippen LogP contribution in [0.15, 0.2) is 34.1 Å². The Morgan fingerprint density at radius 2 is 2.15 bits per heavy atom. The van der Waals surface area contributed by atoms with Gasteiger partial charge in [-0.25, -0.2) is 14.4 Å². The molecule has 20 heavy (non-hydrogen) atoms. The number of benzene rings is 1. The monoisotopic (exact) mass is 351 g/mol. The van der Waals surface area contributed by atoms with Crippen molar-refractivity contribution >= 4 is 43.3 Å². The van der Waals surface area contributed by atoms with Crippen LogP contribution >= 0.6 is 27.3 Å². The van der Waals surface area contributed by atoms with Gasteiger partial charge in [-0.15, -0.1) is 11.3 Å². The summed E-state index contributed by atoms with van der Waals surface area (Å²) in [5.41, 5.74) is 0.779. The number of hydrogen-bond donors (Lipinski definition) is 1. The molecule has 0 aliphatic heterocycles. The van der Waals surface area contributed by atoms with E-state index in [1.807, 2.05) is 18.4 Å². The zero-order chi connectivity index (χ0) is 14.1. The molecule has 0 aliphatic rings. The molecule has 0 amide bonds. The number of aromatic nitrogens is 2. The number of nitrogens with one attached hydrogen (secondary N) is 1. The fourth-order valence-corrected chi connectivity index (χ4v) is 3.24. The molecule has 6 heteroatoms. The van der Waals surface area contributed by atoms with Crippen LogP contribution in [-0.4, -0.2) is 16.5 Å². The van der Waals surface area contributed by atoms with E-state index in [-0.39, 0.29) is 5.82 Å². The zero-order valence-corrected chi connectivity index (χ0v) is 13.1. The van der Waals surface area contributed by atoms with Crippen LogP contribution in [-0.2, 0) is 0 Å². The molecule has 2 aromatic heterocycles. The fraction of sp³-hybridized carbons (Fsp3) is 0.143. The third-order valence-corrected chi connectivity index (χ3v) is 4.30. The second-order valence-electron chi connectivity index (χ2n) is 4.19. The van der Waals surface area contributed by atoms with E-state index >= 15 is 0 Å². The van der Waals surface area contributed by atoms with E-state index in [1.54, 1.807) is 17.4 Å². The van der Waals surface area contributed by atoms with Crippen molar-refractivity contribution in [1.29, 1.82) is 0 Å². The van der Waals surface area contributed by atoms with E-state index in [4.69, 9.17) is 0 Å². The highest BCUT2D eigenvalue weighted by Crippen LogP contribution is 2.31. The minimum atomic E-state index is -0.287. The van der Waals surface area contributed by atoms with Gasteiger partial charge in [-0.3, -0.25) is 0 Å². The second kappa shape index (κ2) is 5.46. The van der Waals surface area contributed by atoms with Crippen molar-refractivity contribution in [3.05, 3.63) is 39.9 Å². The third kappa shape index (κ3) is 2.41. The van der Waals surface area contributed by atoms with E-state index < -0.39 is 0 Å². The van der Waals surface area contributed by atoms with Crippen molar-refractivity contribution < 1.29 is 4.39 Å². The fourth-order valence-electron chi connectivity index (χ4n) is 1.95. The summed E-state index contributed by atoms with van der Waals surface area (Å²) in [4.78, 5) is 10.0. The van der Waals surface area contributed by atoms with Gasteiger partial charge in [0.05, 0.1) is 5.39 Å². The lowest BCUT2D eigenvalue weighted by Gasteiger charge is -2.08. The van der Waals surface area contributed by atoms with Crippen LogP contribution in [0.2, 0.25) is 0 Å². The topological polar surface area (TPSA) is 37.8 Å². The summed E-state index contributed by atoms with van der Waals surface area (Å²) in [5.74, 6) is 1.11. The Kier molecular flexibility index (Phi) is 3.67. The Balaban J connectivity index is 2.20. The van der Waals surface area contributed by atoms with Crippen molar-refractivity contribution in [3.63, 3.8) is 0 Å². The first-order valence-electron chi connectivity index (χ1n) is 6.13. The van der Waals surface area contributed by atoms with Crippen molar-refractivity contribution in [2.24, 2.45) is 0 Å². The molecule has 3 rings (SSSR count). The lowest BCUT2D eigenvalue weighted by molar-refractivity contribution is 0.627. The molecule has 0 unspecified atom stereocenters. The Bertz CT molecular complexity index is 772. The number of fused-ring (bicyclic) bond motifs is 1. The Morgan fingerprint density at radius 1 is 1.30 bits per heavy atom. The van der Waals surface area contributed by atoms with Crippen molar-refractivity contribution in [2.45, 2.75) is 6.92 Å². The number of thiophene rings is 1. The van der Waals surface area contributed by atoms with Gasteiger partial charge < -0.3 is 5.32 Å². The van der Waals surface area contributed by atoms with Gasteiger partial charge in [-0.05, 0) is 52.5 Å². The normalized spacial score (nSPS) is 10.9. The molecule has 0 saturated carbocycles. The van der Waals surface area contributed by atoms with Crippen LogP contribution in [0.25, 0.3) is 21.6 Å². The summed E-state index contributed by atoms with van der Waals surface area (Å²) in [6, 6.07) is 6.52.